The van der Waals surface area contributed by atoms with Crippen LogP contribution in [-0.4, -0.2) is 47.9 Å². The van der Waals surface area contributed by atoms with Gasteiger partial charge < -0.3 is 14.4 Å². The molecule has 0 aliphatic carbocycles. The number of benzene rings is 2. The molecular formula is C26H31N3O3. The van der Waals surface area contributed by atoms with Crippen LogP contribution in [0.25, 0.3) is 11.3 Å². The Morgan fingerprint density at radius 1 is 1.06 bits per heavy atom. The van der Waals surface area contributed by atoms with Crippen molar-refractivity contribution < 1.29 is 14.3 Å². The number of amides is 1. The van der Waals surface area contributed by atoms with Crippen LogP contribution >= 0.6 is 0 Å². The molecule has 2 heterocycles. The quantitative estimate of drug-likeness (QED) is 0.453. The minimum absolute atomic E-state index is 0.0203. The molecule has 4 rings (SSSR count). The van der Waals surface area contributed by atoms with Gasteiger partial charge in [0.1, 0.15) is 11.4 Å². The van der Waals surface area contributed by atoms with Gasteiger partial charge in [-0.1, -0.05) is 56.3 Å². The Hall–Kier alpha value is -3.12. The highest BCUT2D eigenvalue weighted by Crippen LogP contribution is 2.43. The highest BCUT2D eigenvalue weighted by Gasteiger charge is 2.41. The highest BCUT2D eigenvalue weighted by atomic mass is 16.5. The first-order chi connectivity index (χ1) is 15.6. The van der Waals surface area contributed by atoms with Gasteiger partial charge in [-0.2, -0.15) is 5.10 Å². The van der Waals surface area contributed by atoms with Crippen LogP contribution in [0.2, 0.25) is 0 Å². The topological polar surface area (TPSA) is 67.5 Å². The Morgan fingerprint density at radius 3 is 2.50 bits per heavy atom. The molecule has 1 aliphatic heterocycles. The number of hydrogen-bond donors (Lipinski definition) is 1. The molecule has 0 radical (unpaired) electrons. The lowest BCUT2D eigenvalue weighted by Crippen LogP contribution is -2.31. The van der Waals surface area contributed by atoms with Crippen molar-refractivity contribution in [3.8, 4) is 17.0 Å². The summed E-state index contributed by atoms with van der Waals surface area (Å²) in [4.78, 5) is 15.2. The zero-order valence-corrected chi connectivity index (χ0v) is 19.0. The summed E-state index contributed by atoms with van der Waals surface area (Å²) in [6, 6.07) is 17.9. The number of nitrogens with zero attached hydrogens (tertiary/aromatic N) is 2. The zero-order valence-electron chi connectivity index (χ0n) is 19.0. The molecule has 1 aliphatic rings. The Morgan fingerprint density at radius 2 is 1.81 bits per heavy atom. The summed E-state index contributed by atoms with van der Waals surface area (Å²) in [5.41, 5.74) is 4.38. The van der Waals surface area contributed by atoms with E-state index >= 15 is 0 Å². The van der Waals surface area contributed by atoms with E-state index in [0.29, 0.717) is 31.4 Å². The number of aromatic amines is 1. The number of carbonyl (C=O) groups excluding carboxylic acids is 1. The highest BCUT2D eigenvalue weighted by molar-refractivity contribution is 6.00. The second-order valence-electron chi connectivity index (χ2n) is 8.57. The second-order valence-corrected chi connectivity index (χ2v) is 8.57. The first kappa shape index (κ1) is 22.1. The minimum Gasteiger partial charge on any atom is -0.494 e. The Labute approximate surface area is 189 Å². The number of H-pyrrole nitrogens is 1. The van der Waals surface area contributed by atoms with Crippen molar-refractivity contribution in [1.82, 2.24) is 15.1 Å². The molecule has 0 saturated carbocycles. The van der Waals surface area contributed by atoms with Gasteiger partial charge in [-0.05, 0) is 36.5 Å². The summed E-state index contributed by atoms with van der Waals surface area (Å²) in [6.07, 6.45) is 1.79. The number of aromatic nitrogens is 2. The third-order valence-electron chi connectivity index (χ3n) is 5.82. The fourth-order valence-corrected chi connectivity index (χ4v) is 4.13. The predicted octanol–water partition coefficient (Wildman–Crippen LogP) is 5.08. The molecule has 1 atom stereocenters. The van der Waals surface area contributed by atoms with Gasteiger partial charge in [-0.3, -0.25) is 9.89 Å². The maximum absolute atomic E-state index is 13.3. The van der Waals surface area contributed by atoms with Crippen LogP contribution in [0.15, 0.2) is 54.6 Å². The van der Waals surface area contributed by atoms with E-state index in [0.717, 1.165) is 41.0 Å². The molecule has 6 heteroatoms. The maximum Gasteiger partial charge on any atom is 0.273 e. The van der Waals surface area contributed by atoms with Crippen molar-refractivity contribution >= 4 is 5.91 Å². The third kappa shape index (κ3) is 4.55. The van der Waals surface area contributed by atoms with Crippen LogP contribution < -0.4 is 4.74 Å². The number of methoxy groups -OCH3 is 1. The summed E-state index contributed by atoms with van der Waals surface area (Å²) in [6.45, 7) is 6.30. The van der Waals surface area contributed by atoms with E-state index in [1.54, 1.807) is 7.11 Å². The average Bonchev–Trinajstić information content (AvgIpc) is 3.34. The Bertz CT molecular complexity index is 1030. The molecule has 0 bridgehead atoms. The van der Waals surface area contributed by atoms with Crippen molar-refractivity contribution in [2.45, 2.75) is 32.7 Å². The summed E-state index contributed by atoms with van der Waals surface area (Å²) in [5.74, 6) is 1.43. The van der Waals surface area contributed by atoms with E-state index in [-0.39, 0.29) is 11.9 Å². The van der Waals surface area contributed by atoms with Gasteiger partial charge in [-0.15, -0.1) is 0 Å². The standard InChI is InChI=1S/C26H31N3O3/c1-18(2)14-17-32-21-12-10-20(11-13-21)25-22-23(19-8-5-4-6-9-19)27-28-24(22)26(30)29(25)15-7-16-31-3/h4-6,8-13,18,25H,7,14-17H2,1-3H3,(H,27,28). The fourth-order valence-electron chi connectivity index (χ4n) is 4.13. The molecule has 1 N–H and O–H groups in total. The van der Waals surface area contributed by atoms with Crippen molar-refractivity contribution in [3.63, 3.8) is 0 Å². The number of carbonyl (C=O) groups is 1. The third-order valence-corrected chi connectivity index (χ3v) is 5.82. The normalized spacial score (nSPS) is 15.4. The smallest absolute Gasteiger partial charge is 0.273 e. The molecule has 168 valence electrons. The minimum atomic E-state index is -0.201. The summed E-state index contributed by atoms with van der Waals surface area (Å²) in [5, 5.41) is 7.53. The van der Waals surface area contributed by atoms with Crippen LogP contribution in [0.5, 0.6) is 5.75 Å². The van der Waals surface area contributed by atoms with Crippen molar-refractivity contribution in [1.29, 1.82) is 0 Å². The molecule has 0 fully saturated rings. The van der Waals surface area contributed by atoms with Gasteiger partial charge in [0.15, 0.2) is 0 Å². The number of fused-ring (bicyclic) bond motifs is 1. The monoisotopic (exact) mass is 433 g/mol. The average molecular weight is 434 g/mol. The second kappa shape index (κ2) is 10.0. The molecule has 0 saturated heterocycles. The van der Waals surface area contributed by atoms with Gasteiger partial charge >= 0.3 is 0 Å². The Balaban J connectivity index is 1.66. The van der Waals surface area contributed by atoms with Gasteiger partial charge in [0.25, 0.3) is 5.91 Å². The molecule has 0 spiro atoms. The molecule has 32 heavy (non-hydrogen) atoms. The van der Waals surface area contributed by atoms with Gasteiger partial charge in [-0.25, -0.2) is 0 Å². The number of nitrogens with one attached hydrogen (secondary N) is 1. The zero-order chi connectivity index (χ0) is 22.5. The number of ether oxygens (including phenoxy) is 2. The van der Waals surface area contributed by atoms with Crippen LogP contribution in [0.1, 0.15) is 54.3 Å². The van der Waals surface area contributed by atoms with Crippen LogP contribution in [-0.2, 0) is 4.74 Å². The number of rotatable bonds is 10. The SMILES string of the molecule is COCCCN1C(=O)c2[nH]nc(-c3ccccc3)c2C1c1ccc(OCCC(C)C)cc1. The molecule has 6 nitrogen and oxygen atoms in total. The van der Waals surface area contributed by atoms with Crippen LogP contribution in [0, 0.1) is 5.92 Å². The summed E-state index contributed by atoms with van der Waals surface area (Å²) in [7, 11) is 1.68. The summed E-state index contributed by atoms with van der Waals surface area (Å²) < 4.78 is 11.1. The first-order valence-corrected chi connectivity index (χ1v) is 11.3. The number of hydrogen-bond acceptors (Lipinski definition) is 4. The fraction of sp³-hybridized carbons (Fsp3) is 0.385. The van der Waals surface area contributed by atoms with Gasteiger partial charge in [0.05, 0.1) is 18.3 Å². The molecule has 1 unspecified atom stereocenters. The van der Waals surface area contributed by atoms with Crippen molar-refractivity contribution in [3.05, 3.63) is 71.4 Å². The maximum atomic E-state index is 13.3. The predicted molar refractivity (Wildman–Crippen MR) is 125 cm³/mol. The van der Waals surface area contributed by atoms with E-state index < -0.39 is 0 Å². The Kier molecular flexibility index (Phi) is 6.90. The van der Waals surface area contributed by atoms with Crippen molar-refractivity contribution in [2.75, 3.05) is 26.9 Å². The summed E-state index contributed by atoms with van der Waals surface area (Å²) >= 11 is 0. The lowest BCUT2D eigenvalue weighted by atomic mass is 9.96. The molecule has 1 aromatic heterocycles. The first-order valence-electron chi connectivity index (χ1n) is 11.3. The molecule has 3 aromatic rings. The largest absolute Gasteiger partial charge is 0.494 e. The van der Waals surface area contributed by atoms with Crippen LogP contribution in [0.4, 0.5) is 0 Å². The van der Waals surface area contributed by atoms with E-state index in [9.17, 15) is 4.79 Å². The van der Waals surface area contributed by atoms with Gasteiger partial charge in [0, 0.05) is 31.4 Å². The van der Waals surface area contributed by atoms with Crippen molar-refractivity contribution in [2.24, 2.45) is 5.92 Å². The molecular weight excluding hydrogens is 402 g/mol. The van der Waals surface area contributed by atoms with Gasteiger partial charge in [0.2, 0.25) is 0 Å². The van der Waals surface area contributed by atoms with E-state index in [1.165, 1.54) is 0 Å². The lowest BCUT2D eigenvalue weighted by molar-refractivity contribution is 0.0723. The molecule has 1 amide bonds. The van der Waals surface area contributed by atoms with E-state index in [2.05, 4.69) is 36.2 Å². The van der Waals surface area contributed by atoms with E-state index in [4.69, 9.17) is 9.47 Å². The van der Waals surface area contributed by atoms with Crippen LogP contribution in [0.3, 0.4) is 0 Å². The lowest BCUT2D eigenvalue weighted by Gasteiger charge is -2.26. The van der Waals surface area contributed by atoms with E-state index in [1.807, 2.05) is 47.4 Å². The molecule has 2 aromatic carbocycles.